The molecular formula is C24H26N2O3S. The third-order valence-electron chi connectivity index (χ3n) is 5.30. The maximum absolute atomic E-state index is 13.6. The van der Waals surface area contributed by atoms with Gasteiger partial charge in [0.2, 0.25) is 0 Å². The fraction of sp³-hybridized carbons (Fsp3) is 0.250. The van der Waals surface area contributed by atoms with Gasteiger partial charge in [-0.3, -0.25) is 9.78 Å². The van der Waals surface area contributed by atoms with Gasteiger partial charge in [-0.2, -0.15) is 0 Å². The van der Waals surface area contributed by atoms with E-state index in [1.807, 2.05) is 39.0 Å². The second-order valence-corrected chi connectivity index (χ2v) is 9.70. The molecule has 156 valence electrons. The first-order chi connectivity index (χ1) is 14.2. The van der Waals surface area contributed by atoms with Gasteiger partial charge < -0.3 is 5.32 Å². The van der Waals surface area contributed by atoms with Crippen molar-refractivity contribution in [3.8, 4) is 0 Å². The molecule has 0 saturated carbocycles. The Morgan fingerprint density at radius 3 is 2.37 bits per heavy atom. The van der Waals surface area contributed by atoms with Gasteiger partial charge in [0, 0.05) is 24.5 Å². The molecule has 30 heavy (non-hydrogen) atoms. The summed E-state index contributed by atoms with van der Waals surface area (Å²) in [5, 5.41) is 1.87. The molecule has 1 heterocycles. The summed E-state index contributed by atoms with van der Waals surface area (Å²) in [6.07, 6.45) is 3.13. The predicted molar refractivity (Wildman–Crippen MR) is 118 cm³/mol. The Morgan fingerprint density at radius 2 is 1.70 bits per heavy atom. The molecule has 3 rings (SSSR count). The zero-order valence-corrected chi connectivity index (χ0v) is 18.5. The minimum Gasteiger partial charge on any atom is -0.350 e. The van der Waals surface area contributed by atoms with Crippen LogP contribution in [0.2, 0.25) is 0 Å². The molecule has 6 heteroatoms. The van der Waals surface area contributed by atoms with Gasteiger partial charge in [0.15, 0.2) is 9.84 Å². The van der Waals surface area contributed by atoms with Crippen LogP contribution in [-0.4, -0.2) is 25.9 Å². The molecule has 3 aromatic rings. The van der Waals surface area contributed by atoms with Gasteiger partial charge >= 0.3 is 0 Å². The number of hydrogen-bond donors (Lipinski definition) is 1. The van der Waals surface area contributed by atoms with Crippen molar-refractivity contribution in [2.75, 3.05) is 6.54 Å². The highest BCUT2D eigenvalue weighted by Crippen LogP contribution is 2.30. The first-order valence-corrected chi connectivity index (χ1v) is 11.3. The number of pyridine rings is 1. The minimum atomic E-state index is -3.75. The van der Waals surface area contributed by atoms with Crippen LogP contribution in [0.15, 0.2) is 65.8 Å². The number of rotatable bonds is 6. The van der Waals surface area contributed by atoms with E-state index in [1.54, 1.807) is 43.5 Å². The lowest BCUT2D eigenvalue weighted by atomic mass is 10.1. The topological polar surface area (TPSA) is 76.1 Å². The Labute approximate surface area is 178 Å². The van der Waals surface area contributed by atoms with Gasteiger partial charge in [0.25, 0.3) is 5.91 Å². The Bertz CT molecular complexity index is 1170. The van der Waals surface area contributed by atoms with Gasteiger partial charge in [-0.25, -0.2) is 8.42 Å². The molecule has 0 fully saturated rings. The summed E-state index contributed by atoms with van der Waals surface area (Å²) in [4.78, 5) is 17.1. The number of amides is 1. The standard InChI is InChI=1S/C24H26N2O3S/c1-16-7-8-18(3)22(12-16)30(28,29)23(21-6-5-11-25-14-21)15-26-24(27)20-10-9-17(2)19(4)13-20/h5-14,23H,15H2,1-4H3,(H,26,27)/t23-/m1/s1. The normalized spacial score (nSPS) is 12.4. The highest BCUT2D eigenvalue weighted by atomic mass is 32.2. The highest BCUT2D eigenvalue weighted by Gasteiger charge is 2.31. The van der Waals surface area contributed by atoms with Gasteiger partial charge in [-0.1, -0.05) is 24.3 Å². The monoisotopic (exact) mass is 422 g/mol. The molecule has 0 spiro atoms. The largest absolute Gasteiger partial charge is 0.350 e. The smallest absolute Gasteiger partial charge is 0.251 e. The van der Waals surface area contributed by atoms with E-state index in [2.05, 4.69) is 10.3 Å². The minimum absolute atomic E-state index is 0.0484. The summed E-state index contributed by atoms with van der Waals surface area (Å²) in [6.45, 7) is 7.51. The van der Waals surface area contributed by atoms with E-state index in [4.69, 9.17) is 0 Å². The molecule has 0 bridgehead atoms. The molecule has 1 N–H and O–H groups in total. The van der Waals surface area contributed by atoms with Crippen LogP contribution in [0.3, 0.4) is 0 Å². The average molecular weight is 423 g/mol. The maximum atomic E-state index is 13.6. The van der Waals surface area contributed by atoms with Crippen molar-refractivity contribution in [2.45, 2.75) is 37.8 Å². The number of sulfone groups is 1. The fourth-order valence-corrected chi connectivity index (χ4v) is 5.28. The molecule has 0 unspecified atom stereocenters. The molecule has 0 aliphatic heterocycles. The van der Waals surface area contributed by atoms with E-state index < -0.39 is 15.1 Å². The quantitative estimate of drug-likeness (QED) is 0.644. The van der Waals surface area contributed by atoms with Gasteiger partial charge in [0.1, 0.15) is 5.25 Å². The fourth-order valence-electron chi connectivity index (χ4n) is 3.31. The van der Waals surface area contributed by atoms with E-state index in [0.717, 1.165) is 16.7 Å². The summed E-state index contributed by atoms with van der Waals surface area (Å²) < 4.78 is 27.1. The van der Waals surface area contributed by atoms with Crippen molar-refractivity contribution in [1.82, 2.24) is 10.3 Å². The Hall–Kier alpha value is -2.99. The zero-order chi connectivity index (χ0) is 21.9. The van der Waals surface area contributed by atoms with Crippen LogP contribution < -0.4 is 5.32 Å². The van der Waals surface area contributed by atoms with Gasteiger partial charge in [-0.15, -0.1) is 0 Å². The van der Waals surface area contributed by atoms with Crippen LogP contribution in [0.5, 0.6) is 0 Å². The van der Waals surface area contributed by atoms with Crippen molar-refractivity contribution >= 4 is 15.7 Å². The number of aromatic nitrogens is 1. The number of hydrogen-bond acceptors (Lipinski definition) is 4. The van der Waals surface area contributed by atoms with E-state index in [0.29, 0.717) is 16.7 Å². The van der Waals surface area contributed by atoms with Crippen LogP contribution in [0.1, 0.15) is 43.4 Å². The molecule has 0 aliphatic rings. The molecular weight excluding hydrogens is 396 g/mol. The van der Waals surface area contributed by atoms with E-state index in [-0.39, 0.29) is 17.3 Å². The summed E-state index contributed by atoms with van der Waals surface area (Å²) in [5.74, 6) is -0.303. The first kappa shape index (κ1) is 21.7. The lowest BCUT2D eigenvalue weighted by Gasteiger charge is -2.20. The molecule has 5 nitrogen and oxygen atoms in total. The molecule has 1 atom stereocenters. The van der Waals surface area contributed by atoms with Gasteiger partial charge in [0.05, 0.1) is 4.90 Å². The Balaban J connectivity index is 1.95. The number of nitrogens with zero attached hydrogens (tertiary/aromatic N) is 1. The molecule has 0 aliphatic carbocycles. The number of carbonyl (C=O) groups excluding carboxylic acids is 1. The molecule has 2 aromatic carbocycles. The third-order valence-corrected chi connectivity index (χ3v) is 7.54. The Morgan fingerprint density at radius 1 is 0.967 bits per heavy atom. The SMILES string of the molecule is Cc1ccc(C)c(S(=O)(=O)[C@H](CNC(=O)c2ccc(C)c(C)c2)c2cccnc2)c1. The van der Waals surface area contributed by atoms with Crippen molar-refractivity contribution in [2.24, 2.45) is 0 Å². The van der Waals surface area contributed by atoms with Crippen LogP contribution in [0, 0.1) is 27.7 Å². The third kappa shape index (κ3) is 4.60. The Kier molecular flexibility index (Phi) is 6.37. The van der Waals surface area contributed by atoms with Crippen LogP contribution in [0.25, 0.3) is 0 Å². The molecule has 1 amide bonds. The van der Waals surface area contributed by atoms with Crippen molar-refractivity contribution in [3.63, 3.8) is 0 Å². The van der Waals surface area contributed by atoms with Crippen LogP contribution in [0.4, 0.5) is 0 Å². The average Bonchev–Trinajstić information content (AvgIpc) is 2.72. The highest BCUT2D eigenvalue weighted by molar-refractivity contribution is 7.91. The predicted octanol–water partition coefficient (Wildman–Crippen LogP) is 4.26. The van der Waals surface area contributed by atoms with E-state index in [1.165, 1.54) is 6.20 Å². The summed E-state index contributed by atoms with van der Waals surface area (Å²) >= 11 is 0. The summed E-state index contributed by atoms with van der Waals surface area (Å²) in [7, 11) is -3.75. The van der Waals surface area contributed by atoms with Crippen molar-refractivity contribution in [3.05, 3.63) is 94.3 Å². The summed E-state index contributed by atoms with van der Waals surface area (Å²) in [5.41, 5.74) is 4.69. The second kappa shape index (κ2) is 8.79. The van der Waals surface area contributed by atoms with Crippen molar-refractivity contribution in [1.29, 1.82) is 0 Å². The summed E-state index contributed by atoms with van der Waals surface area (Å²) in [6, 6.07) is 14.2. The van der Waals surface area contributed by atoms with Crippen molar-refractivity contribution < 1.29 is 13.2 Å². The van der Waals surface area contributed by atoms with E-state index >= 15 is 0 Å². The zero-order valence-electron chi connectivity index (χ0n) is 17.6. The van der Waals surface area contributed by atoms with Crippen LogP contribution in [-0.2, 0) is 9.84 Å². The first-order valence-electron chi connectivity index (χ1n) is 9.76. The van der Waals surface area contributed by atoms with Crippen LogP contribution >= 0.6 is 0 Å². The number of benzene rings is 2. The molecule has 0 radical (unpaired) electrons. The van der Waals surface area contributed by atoms with E-state index in [9.17, 15) is 13.2 Å². The second-order valence-electron chi connectivity index (χ2n) is 7.60. The lowest BCUT2D eigenvalue weighted by molar-refractivity contribution is 0.0953. The molecule has 1 aromatic heterocycles. The van der Waals surface area contributed by atoms with Gasteiger partial charge in [-0.05, 0) is 79.8 Å². The number of nitrogens with one attached hydrogen (secondary N) is 1. The maximum Gasteiger partial charge on any atom is 0.251 e. The number of carbonyl (C=O) groups is 1. The lowest BCUT2D eigenvalue weighted by Crippen LogP contribution is -2.32. The number of aryl methyl sites for hydroxylation is 4. The molecule has 0 saturated heterocycles.